The van der Waals surface area contributed by atoms with Gasteiger partial charge in [0.2, 0.25) is 5.88 Å². The zero-order chi connectivity index (χ0) is 22.2. The summed E-state index contributed by atoms with van der Waals surface area (Å²) in [6.45, 7) is 0. The van der Waals surface area contributed by atoms with Crippen molar-refractivity contribution in [1.82, 2.24) is 19.4 Å². The third-order valence-electron chi connectivity index (χ3n) is 4.73. The minimum atomic E-state index is -4.42. The minimum absolute atomic E-state index is 0.118. The number of carbonyl (C=O) groups is 1. The highest BCUT2D eigenvalue weighted by Crippen LogP contribution is 2.31. The Morgan fingerprint density at radius 3 is 2.48 bits per heavy atom. The summed E-state index contributed by atoms with van der Waals surface area (Å²) in [4.78, 5) is 26.8. The van der Waals surface area contributed by atoms with Crippen molar-refractivity contribution in [2.45, 2.75) is 6.18 Å². The van der Waals surface area contributed by atoms with Gasteiger partial charge in [-0.3, -0.25) is 9.20 Å². The number of aromatic nitrogens is 4. The zero-order valence-corrected chi connectivity index (χ0v) is 16.5. The number of hydrogen-bond donors (Lipinski definition) is 0. The number of imidazole rings is 1. The predicted molar refractivity (Wildman–Crippen MR) is 107 cm³/mol. The van der Waals surface area contributed by atoms with Gasteiger partial charge in [-0.2, -0.15) is 13.2 Å². The first-order valence-corrected chi connectivity index (χ1v) is 9.07. The maximum Gasteiger partial charge on any atom is 0.416 e. The standard InChI is InChI=1S/C21H16F3N5O2/c1-28(16-4-3-9-25-19(16)31-2)20(30)15-12-29-17(10-27-18(29)11-26-15)13-5-7-14(8-6-13)21(22,23)24/h3-12H,1-2H3. The van der Waals surface area contributed by atoms with Gasteiger partial charge in [0.25, 0.3) is 5.91 Å². The van der Waals surface area contributed by atoms with Crippen LogP contribution in [0.15, 0.2) is 61.2 Å². The van der Waals surface area contributed by atoms with E-state index in [1.54, 1.807) is 29.8 Å². The van der Waals surface area contributed by atoms with Crippen LogP contribution in [0.3, 0.4) is 0 Å². The molecule has 0 N–H and O–H groups in total. The first-order chi connectivity index (χ1) is 14.8. The summed E-state index contributed by atoms with van der Waals surface area (Å²) in [5, 5.41) is 0. The molecule has 1 aromatic carbocycles. The number of alkyl halides is 3. The molecule has 4 aromatic rings. The van der Waals surface area contributed by atoms with Gasteiger partial charge in [-0.15, -0.1) is 0 Å². The van der Waals surface area contributed by atoms with Crippen molar-refractivity contribution in [1.29, 1.82) is 0 Å². The number of fused-ring (bicyclic) bond motifs is 1. The molecule has 4 rings (SSSR count). The van der Waals surface area contributed by atoms with E-state index in [1.807, 2.05) is 0 Å². The number of carbonyl (C=O) groups excluding carboxylic acids is 1. The molecule has 7 nitrogen and oxygen atoms in total. The lowest BCUT2D eigenvalue weighted by Gasteiger charge is -2.18. The Morgan fingerprint density at radius 2 is 1.81 bits per heavy atom. The molecule has 31 heavy (non-hydrogen) atoms. The van der Waals surface area contributed by atoms with Crippen LogP contribution in [0.5, 0.6) is 5.88 Å². The molecule has 3 heterocycles. The Kier molecular flexibility index (Phi) is 5.05. The van der Waals surface area contributed by atoms with Crippen molar-refractivity contribution in [2.75, 3.05) is 19.1 Å². The van der Waals surface area contributed by atoms with Crippen LogP contribution in [-0.4, -0.2) is 39.4 Å². The topological polar surface area (TPSA) is 72.6 Å². The molecule has 1 amide bonds. The van der Waals surface area contributed by atoms with Crippen LogP contribution in [0.4, 0.5) is 18.9 Å². The largest absolute Gasteiger partial charge is 0.480 e. The Morgan fingerprint density at radius 1 is 1.06 bits per heavy atom. The summed E-state index contributed by atoms with van der Waals surface area (Å²) in [6.07, 6.45) is 1.57. The van der Waals surface area contributed by atoms with Gasteiger partial charge in [-0.05, 0) is 24.3 Å². The Bertz CT molecular complexity index is 1250. The lowest BCUT2D eigenvalue weighted by atomic mass is 10.1. The number of halogens is 3. The fourth-order valence-corrected chi connectivity index (χ4v) is 3.12. The monoisotopic (exact) mass is 427 g/mol. The van der Waals surface area contributed by atoms with E-state index in [0.29, 0.717) is 22.6 Å². The fraction of sp³-hybridized carbons (Fsp3) is 0.143. The Labute approximate surface area is 174 Å². The summed E-state index contributed by atoms with van der Waals surface area (Å²) < 4.78 is 45.3. The average Bonchev–Trinajstić information content (AvgIpc) is 3.20. The van der Waals surface area contributed by atoms with Crippen LogP contribution in [0.1, 0.15) is 16.1 Å². The van der Waals surface area contributed by atoms with E-state index in [4.69, 9.17) is 4.74 Å². The van der Waals surface area contributed by atoms with Crippen molar-refractivity contribution < 1.29 is 22.7 Å². The van der Waals surface area contributed by atoms with Gasteiger partial charge in [0.05, 0.1) is 30.8 Å². The van der Waals surface area contributed by atoms with E-state index in [1.165, 1.54) is 42.7 Å². The third-order valence-corrected chi connectivity index (χ3v) is 4.73. The predicted octanol–water partition coefficient (Wildman–Crippen LogP) is 4.10. The van der Waals surface area contributed by atoms with Crippen LogP contribution >= 0.6 is 0 Å². The minimum Gasteiger partial charge on any atom is -0.480 e. The number of anilines is 1. The second-order valence-corrected chi connectivity index (χ2v) is 6.62. The van der Waals surface area contributed by atoms with E-state index in [2.05, 4.69) is 15.0 Å². The second-order valence-electron chi connectivity index (χ2n) is 6.62. The molecule has 0 aliphatic rings. The second kappa shape index (κ2) is 7.71. The molecule has 0 radical (unpaired) electrons. The number of amides is 1. The number of ether oxygens (including phenoxy) is 1. The van der Waals surface area contributed by atoms with Crippen LogP contribution in [0, 0.1) is 0 Å². The molecule has 3 aromatic heterocycles. The normalized spacial score (nSPS) is 11.5. The first kappa shape index (κ1) is 20.3. The lowest BCUT2D eigenvalue weighted by Crippen LogP contribution is -2.28. The van der Waals surface area contributed by atoms with Crippen molar-refractivity contribution in [3.8, 4) is 17.1 Å². The summed E-state index contributed by atoms with van der Waals surface area (Å²) in [6, 6.07) is 8.10. The molecular formula is C21H16F3N5O2. The summed E-state index contributed by atoms with van der Waals surface area (Å²) in [5.74, 6) is -0.132. The molecule has 0 fully saturated rings. The van der Waals surface area contributed by atoms with E-state index >= 15 is 0 Å². The molecule has 158 valence electrons. The smallest absolute Gasteiger partial charge is 0.416 e. The lowest BCUT2D eigenvalue weighted by molar-refractivity contribution is -0.137. The van der Waals surface area contributed by atoms with Crippen LogP contribution in [-0.2, 0) is 6.18 Å². The van der Waals surface area contributed by atoms with Gasteiger partial charge in [0.1, 0.15) is 11.4 Å². The van der Waals surface area contributed by atoms with E-state index in [9.17, 15) is 18.0 Å². The number of nitrogens with zero attached hydrogens (tertiary/aromatic N) is 5. The van der Waals surface area contributed by atoms with Crippen LogP contribution < -0.4 is 9.64 Å². The zero-order valence-electron chi connectivity index (χ0n) is 16.5. The van der Waals surface area contributed by atoms with Gasteiger partial charge in [0, 0.05) is 25.0 Å². The molecule has 0 aliphatic carbocycles. The molecule has 0 bridgehead atoms. The molecule has 0 saturated heterocycles. The fourth-order valence-electron chi connectivity index (χ4n) is 3.12. The highest BCUT2D eigenvalue weighted by molar-refractivity contribution is 6.05. The van der Waals surface area contributed by atoms with Crippen molar-refractivity contribution in [3.63, 3.8) is 0 Å². The Hall–Kier alpha value is -3.95. The number of pyridine rings is 1. The van der Waals surface area contributed by atoms with Gasteiger partial charge in [-0.25, -0.2) is 15.0 Å². The van der Waals surface area contributed by atoms with Crippen LogP contribution in [0.25, 0.3) is 16.9 Å². The molecular weight excluding hydrogens is 411 g/mol. The summed E-state index contributed by atoms with van der Waals surface area (Å²) in [7, 11) is 3.02. The first-order valence-electron chi connectivity index (χ1n) is 9.07. The molecule has 0 saturated carbocycles. The number of rotatable bonds is 4. The van der Waals surface area contributed by atoms with E-state index < -0.39 is 17.6 Å². The highest BCUT2D eigenvalue weighted by Gasteiger charge is 2.30. The van der Waals surface area contributed by atoms with Gasteiger partial charge in [-0.1, -0.05) is 12.1 Å². The summed E-state index contributed by atoms with van der Waals surface area (Å²) >= 11 is 0. The Balaban J connectivity index is 1.71. The SMILES string of the molecule is COc1ncccc1N(C)C(=O)c1cn2c(-c3ccc(C(F)(F)F)cc3)cnc2cn1. The summed E-state index contributed by atoms with van der Waals surface area (Å²) in [5.41, 5.74) is 1.34. The average molecular weight is 427 g/mol. The van der Waals surface area contributed by atoms with Crippen molar-refractivity contribution >= 4 is 17.2 Å². The van der Waals surface area contributed by atoms with E-state index in [-0.39, 0.29) is 11.6 Å². The molecule has 10 heteroatoms. The quantitative estimate of drug-likeness (QED) is 0.491. The molecule has 0 aliphatic heterocycles. The van der Waals surface area contributed by atoms with Gasteiger partial charge >= 0.3 is 6.18 Å². The maximum atomic E-state index is 13.0. The van der Waals surface area contributed by atoms with Crippen LogP contribution in [0.2, 0.25) is 0 Å². The van der Waals surface area contributed by atoms with Crippen molar-refractivity contribution in [2.24, 2.45) is 0 Å². The third kappa shape index (κ3) is 3.79. The molecule has 0 unspecified atom stereocenters. The number of hydrogen-bond acceptors (Lipinski definition) is 5. The number of benzene rings is 1. The molecule has 0 spiro atoms. The van der Waals surface area contributed by atoms with E-state index in [0.717, 1.165) is 12.1 Å². The number of methoxy groups -OCH3 is 1. The molecule has 0 atom stereocenters. The van der Waals surface area contributed by atoms with Crippen molar-refractivity contribution in [3.05, 3.63) is 72.4 Å². The highest BCUT2D eigenvalue weighted by atomic mass is 19.4. The van der Waals surface area contributed by atoms with Gasteiger partial charge in [0.15, 0.2) is 5.65 Å². The van der Waals surface area contributed by atoms with Gasteiger partial charge < -0.3 is 9.64 Å². The maximum absolute atomic E-state index is 13.0.